The number of likely N-dealkylation sites (N-methyl/N-ethyl adjacent to an activating group) is 1. The van der Waals surface area contributed by atoms with E-state index in [0.29, 0.717) is 18.7 Å². The van der Waals surface area contributed by atoms with E-state index in [1.54, 1.807) is 14.1 Å². The molecular formula is C18H23N3O2. The number of fused-ring (bicyclic) bond motifs is 1. The van der Waals surface area contributed by atoms with Crippen molar-refractivity contribution >= 4 is 29.3 Å². The molecule has 5 heteroatoms. The molecule has 0 saturated carbocycles. The van der Waals surface area contributed by atoms with Gasteiger partial charge in [0.05, 0.1) is 5.69 Å². The number of para-hydroxylation sites is 1. The van der Waals surface area contributed by atoms with E-state index in [1.807, 2.05) is 29.2 Å². The fraction of sp³-hybridized carbons (Fsp3) is 0.278. The molecule has 0 bridgehead atoms. The first-order valence-electron chi connectivity index (χ1n) is 7.35. The van der Waals surface area contributed by atoms with Crippen molar-refractivity contribution in [1.82, 2.24) is 5.32 Å². The van der Waals surface area contributed by atoms with Crippen molar-refractivity contribution in [2.75, 3.05) is 19.0 Å². The van der Waals surface area contributed by atoms with Gasteiger partial charge >= 0.3 is 0 Å². The number of rotatable bonds is 5. The predicted molar refractivity (Wildman–Crippen MR) is 95.7 cm³/mol. The maximum atomic E-state index is 12.2. The maximum absolute atomic E-state index is 12.2. The Bertz CT molecular complexity index is 622. The predicted octanol–water partition coefficient (Wildman–Crippen LogP) is 2.44. The molecule has 0 radical (unpaired) electrons. The average molecular weight is 313 g/mol. The minimum Gasteiger partial charge on any atom is -0.357 e. The van der Waals surface area contributed by atoms with E-state index in [2.05, 4.69) is 30.0 Å². The van der Waals surface area contributed by atoms with Crippen LogP contribution in [0.25, 0.3) is 5.57 Å². The van der Waals surface area contributed by atoms with Crippen molar-refractivity contribution < 1.29 is 9.59 Å². The third-order valence-electron chi connectivity index (χ3n) is 3.62. The van der Waals surface area contributed by atoms with Gasteiger partial charge in [0.25, 0.3) is 0 Å². The largest absolute Gasteiger partial charge is 0.357 e. The zero-order valence-electron chi connectivity index (χ0n) is 13.7. The Morgan fingerprint density at radius 3 is 2.61 bits per heavy atom. The summed E-state index contributed by atoms with van der Waals surface area (Å²) < 4.78 is 0. The highest BCUT2D eigenvalue weighted by molar-refractivity contribution is 6.35. The van der Waals surface area contributed by atoms with Crippen molar-refractivity contribution in [3.63, 3.8) is 0 Å². The van der Waals surface area contributed by atoms with Crippen LogP contribution in [0.4, 0.5) is 5.69 Å². The van der Waals surface area contributed by atoms with Gasteiger partial charge in [0, 0.05) is 31.7 Å². The van der Waals surface area contributed by atoms with Gasteiger partial charge in [0.2, 0.25) is 5.91 Å². The zero-order chi connectivity index (χ0) is 17.4. The highest BCUT2D eigenvalue weighted by atomic mass is 16.2. The lowest BCUT2D eigenvalue weighted by Crippen LogP contribution is -2.47. The summed E-state index contributed by atoms with van der Waals surface area (Å²) >= 11 is 0. The van der Waals surface area contributed by atoms with Gasteiger partial charge in [0.15, 0.2) is 0 Å². The second-order valence-electron chi connectivity index (χ2n) is 4.79. The van der Waals surface area contributed by atoms with Gasteiger partial charge in [-0.2, -0.15) is 0 Å². The van der Waals surface area contributed by atoms with Crippen molar-refractivity contribution in [3.8, 4) is 0 Å². The number of hydrogen-bond acceptors (Lipinski definition) is 3. The number of hydrogen-bond donors (Lipinski definition) is 1. The van der Waals surface area contributed by atoms with Crippen LogP contribution in [0.1, 0.15) is 18.4 Å². The molecule has 23 heavy (non-hydrogen) atoms. The lowest BCUT2D eigenvalue weighted by molar-refractivity contribution is -0.121. The molecule has 0 saturated heterocycles. The summed E-state index contributed by atoms with van der Waals surface area (Å²) in [4.78, 5) is 29.1. The molecule has 2 rings (SSSR count). The minimum absolute atomic E-state index is 0.137. The summed E-state index contributed by atoms with van der Waals surface area (Å²) in [5.41, 5.74) is 2.67. The minimum atomic E-state index is -0.473. The van der Waals surface area contributed by atoms with Gasteiger partial charge < -0.3 is 15.0 Å². The third-order valence-corrected chi connectivity index (χ3v) is 3.62. The van der Waals surface area contributed by atoms with Crippen molar-refractivity contribution in [3.05, 3.63) is 49.6 Å². The van der Waals surface area contributed by atoms with Crippen LogP contribution in [-0.4, -0.2) is 38.2 Å². The number of nitrogens with zero attached hydrogens (tertiary/aromatic N) is 2. The number of carbonyl (C=O) groups excluding carboxylic acids is 2. The van der Waals surface area contributed by atoms with Gasteiger partial charge in [-0.05, 0) is 12.5 Å². The molecule has 1 N–H and O–H groups in total. The SMILES string of the molecule is C=C.C=C1C(=NC)N(C(CCC=O)C(=O)NC)c2ccccc21. The summed E-state index contributed by atoms with van der Waals surface area (Å²) in [6, 6.07) is 7.28. The molecule has 1 aromatic carbocycles. The molecule has 1 heterocycles. The van der Waals surface area contributed by atoms with E-state index in [9.17, 15) is 9.59 Å². The highest BCUT2D eigenvalue weighted by Gasteiger charge is 2.36. The fourth-order valence-corrected chi connectivity index (χ4v) is 2.65. The van der Waals surface area contributed by atoms with Gasteiger partial charge in [0.1, 0.15) is 18.2 Å². The van der Waals surface area contributed by atoms with E-state index < -0.39 is 6.04 Å². The number of amides is 1. The monoisotopic (exact) mass is 313 g/mol. The van der Waals surface area contributed by atoms with Crippen LogP contribution in [0.2, 0.25) is 0 Å². The summed E-state index contributed by atoms with van der Waals surface area (Å²) in [5.74, 6) is 0.540. The molecule has 1 unspecified atom stereocenters. The van der Waals surface area contributed by atoms with E-state index in [1.165, 1.54) is 0 Å². The molecule has 122 valence electrons. The van der Waals surface area contributed by atoms with Crippen LogP contribution in [0, 0.1) is 0 Å². The number of aliphatic imine (C=N–C) groups is 1. The number of aldehydes is 1. The molecule has 0 aromatic heterocycles. The highest BCUT2D eigenvalue weighted by Crippen LogP contribution is 2.38. The van der Waals surface area contributed by atoms with E-state index >= 15 is 0 Å². The topological polar surface area (TPSA) is 61.8 Å². The fourth-order valence-electron chi connectivity index (χ4n) is 2.65. The Balaban J connectivity index is 0.00000127. The molecule has 1 aliphatic heterocycles. The van der Waals surface area contributed by atoms with Gasteiger partial charge in [-0.25, -0.2) is 0 Å². The first-order chi connectivity index (χ1) is 11.2. The molecule has 5 nitrogen and oxygen atoms in total. The molecule has 0 aliphatic carbocycles. The van der Waals surface area contributed by atoms with E-state index in [4.69, 9.17) is 0 Å². The van der Waals surface area contributed by atoms with Crippen LogP contribution in [0.5, 0.6) is 0 Å². The van der Waals surface area contributed by atoms with Gasteiger partial charge in [-0.3, -0.25) is 9.79 Å². The standard InChI is InChI=1S/C16H19N3O2.C2H4/c1-11-12-7-4-5-8-13(12)19(15(11)17-2)14(9-6-10-20)16(21)18-3;1-2/h4-5,7-8,10,14H,1,6,9H2,2-3H3,(H,18,21);1-2H2. The average Bonchev–Trinajstić information content (AvgIpc) is 2.89. The van der Waals surface area contributed by atoms with Crippen molar-refractivity contribution in [1.29, 1.82) is 0 Å². The molecule has 1 aliphatic rings. The molecule has 0 spiro atoms. The smallest absolute Gasteiger partial charge is 0.242 e. The van der Waals surface area contributed by atoms with Gasteiger partial charge in [-0.1, -0.05) is 24.8 Å². The maximum Gasteiger partial charge on any atom is 0.242 e. The second-order valence-corrected chi connectivity index (χ2v) is 4.79. The molecule has 1 aromatic rings. The second kappa shape index (κ2) is 8.68. The lowest BCUT2D eigenvalue weighted by Gasteiger charge is -2.28. The van der Waals surface area contributed by atoms with Crippen LogP contribution in [-0.2, 0) is 9.59 Å². The van der Waals surface area contributed by atoms with E-state index in [-0.39, 0.29) is 5.91 Å². The van der Waals surface area contributed by atoms with Crippen molar-refractivity contribution in [2.24, 2.45) is 4.99 Å². The number of amidine groups is 1. The summed E-state index contributed by atoms with van der Waals surface area (Å²) in [6.07, 6.45) is 1.58. The summed E-state index contributed by atoms with van der Waals surface area (Å²) in [6.45, 7) is 10.1. The Hall–Kier alpha value is -2.69. The summed E-state index contributed by atoms with van der Waals surface area (Å²) in [7, 11) is 3.27. The van der Waals surface area contributed by atoms with E-state index in [0.717, 1.165) is 23.1 Å². The van der Waals surface area contributed by atoms with Crippen LogP contribution in [0.3, 0.4) is 0 Å². The molecular weight excluding hydrogens is 290 g/mol. The Labute approximate surface area is 137 Å². The van der Waals surface area contributed by atoms with Crippen LogP contribution in [0.15, 0.2) is 49.0 Å². The first kappa shape index (κ1) is 18.4. The lowest BCUT2D eigenvalue weighted by atomic mass is 10.1. The van der Waals surface area contributed by atoms with Gasteiger partial charge in [-0.15, -0.1) is 13.2 Å². The molecule has 0 fully saturated rings. The summed E-state index contributed by atoms with van der Waals surface area (Å²) in [5, 5.41) is 2.66. The Kier molecular flexibility index (Phi) is 6.93. The quantitative estimate of drug-likeness (QED) is 0.671. The zero-order valence-corrected chi connectivity index (χ0v) is 13.7. The van der Waals surface area contributed by atoms with Crippen molar-refractivity contribution in [2.45, 2.75) is 18.9 Å². The molecule has 1 amide bonds. The number of anilines is 1. The van der Waals surface area contributed by atoms with Crippen LogP contribution >= 0.6 is 0 Å². The number of nitrogens with one attached hydrogen (secondary N) is 1. The van der Waals surface area contributed by atoms with Crippen LogP contribution < -0.4 is 10.2 Å². The normalized spacial score (nSPS) is 15.5. The third kappa shape index (κ3) is 3.56. The molecule has 1 atom stereocenters. The Morgan fingerprint density at radius 2 is 2.04 bits per heavy atom. The number of benzene rings is 1. The number of carbonyl (C=O) groups is 2. The first-order valence-corrected chi connectivity index (χ1v) is 7.35. The Morgan fingerprint density at radius 1 is 1.39 bits per heavy atom.